The van der Waals surface area contributed by atoms with Crippen molar-refractivity contribution in [3.63, 3.8) is 0 Å². The molecule has 2 heterocycles. The van der Waals surface area contributed by atoms with Crippen LogP contribution in [0.4, 0.5) is 15.8 Å². The van der Waals surface area contributed by atoms with Gasteiger partial charge >= 0.3 is 0 Å². The third kappa shape index (κ3) is 3.25. The summed E-state index contributed by atoms with van der Waals surface area (Å²) in [7, 11) is 0. The Morgan fingerprint density at radius 3 is 2.41 bits per heavy atom. The average molecular weight is 399 g/mol. The van der Waals surface area contributed by atoms with Crippen molar-refractivity contribution < 1.29 is 14.0 Å². The van der Waals surface area contributed by atoms with Crippen molar-refractivity contribution in [2.75, 3.05) is 10.2 Å². The van der Waals surface area contributed by atoms with Crippen molar-refractivity contribution in [3.8, 4) is 0 Å². The minimum Gasteiger partial charge on any atom is -0.350 e. The molecular formula is C20H12ClFN2O2S. The average Bonchev–Trinajstić information content (AvgIpc) is 3.24. The second kappa shape index (κ2) is 6.98. The third-order valence-electron chi connectivity index (χ3n) is 4.03. The summed E-state index contributed by atoms with van der Waals surface area (Å²) in [5.41, 5.74) is 1.18. The van der Waals surface area contributed by atoms with Crippen LogP contribution in [0.15, 0.2) is 71.7 Å². The maximum Gasteiger partial charge on any atom is 0.282 e. The number of anilines is 2. The first-order chi connectivity index (χ1) is 13.0. The number of nitrogens with zero attached hydrogens (tertiary/aromatic N) is 1. The Labute approximate surface area is 163 Å². The first-order valence-electron chi connectivity index (χ1n) is 7.99. The van der Waals surface area contributed by atoms with E-state index in [4.69, 9.17) is 11.6 Å². The highest BCUT2D eigenvalue weighted by molar-refractivity contribution is 7.11. The maximum atomic E-state index is 13.5. The van der Waals surface area contributed by atoms with Crippen molar-refractivity contribution in [1.29, 1.82) is 0 Å². The molecule has 0 spiro atoms. The number of rotatable bonds is 4. The van der Waals surface area contributed by atoms with Gasteiger partial charge in [0.05, 0.1) is 11.3 Å². The highest BCUT2D eigenvalue weighted by Crippen LogP contribution is 2.35. The van der Waals surface area contributed by atoms with Gasteiger partial charge in [-0.3, -0.25) is 9.59 Å². The van der Waals surface area contributed by atoms with Gasteiger partial charge in [-0.25, -0.2) is 9.29 Å². The maximum absolute atomic E-state index is 13.5. The Balaban J connectivity index is 1.79. The van der Waals surface area contributed by atoms with Crippen molar-refractivity contribution in [3.05, 3.63) is 87.5 Å². The molecule has 0 aliphatic carbocycles. The molecule has 1 aromatic heterocycles. The van der Waals surface area contributed by atoms with Crippen LogP contribution in [0.3, 0.4) is 0 Å². The number of imide groups is 1. The van der Waals surface area contributed by atoms with E-state index < -0.39 is 17.6 Å². The van der Waals surface area contributed by atoms with Gasteiger partial charge in [0, 0.05) is 15.6 Å². The topological polar surface area (TPSA) is 49.4 Å². The smallest absolute Gasteiger partial charge is 0.282 e. The van der Waals surface area contributed by atoms with E-state index in [9.17, 15) is 14.0 Å². The molecule has 3 aromatic rings. The molecule has 1 aliphatic rings. The van der Waals surface area contributed by atoms with Gasteiger partial charge in [0.15, 0.2) is 0 Å². The van der Waals surface area contributed by atoms with Crippen LogP contribution in [-0.2, 0) is 9.59 Å². The zero-order chi connectivity index (χ0) is 19.0. The predicted molar refractivity (Wildman–Crippen MR) is 105 cm³/mol. The molecule has 1 aliphatic heterocycles. The Hall–Kier alpha value is -2.96. The summed E-state index contributed by atoms with van der Waals surface area (Å²) in [6.07, 6.45) is 0. The fourth-order valence-corrected chi connectivity index (χ4v) is 3.72. The molecule has 0 radical (unpaired) electrons. The molecule has 134 valence electrons. The highest BCUT2D eigenvalue weighted by atomic mass is 35.5. The molecule has 0 saturated carbocycles. The van der Waals surface area contributed by atoms with E-state index in [0.717, 1.165) is 4.90 Å². The quantitative estimate of drug-likeness (QED) is 0.633. The SMILES string of the molecule is O=C1C(Nc2cccc(F)c2)=C(c2cccs2)C(=O)N1c1ccc(Cl)cc1. The monoisotopic (exact) mass is 398 g/mol. The van der Waals surface area contributed by atoms with E-state index >= 15 is 0 Å². The van der Waals surface area contributed by atoms with Crippen molar-refractivity contribution >= 4 is 51.7 Å². The Kier molecular flexibility index (Phi) is 4.51. The van der Waals surface area contributed by atoms with Gasteiger partial charge in [0.25, 0.3) is 11.8 Å². The van der Waals surface area contributed by atoms with Crippen LogP contribution in [0.5, 0.6) is 0 Å². The number of thiophene rings is 1. The zero-order valence-electron chi connectivity index (χ0n) is 13.8. The number of amides is 2. The van der Waals surface area contributed by atoms with Gasteiger partial charge in [-0.05, 0) is 53.9 Å². The van der Waals surface area contributed by atoms with E-state index in [1.165, 1.54) is 29.5 Å². The normalized spacial score (nSPS) is 14.2. The van der Waals surface area contributed by atoms with E-state index in [1.54, 1.807) is 42.5 Å². The third-order valence-corrected chi connectivity index (χ3v) is 5.17. The number of nitrogens with one attached hydrogen (secondary N) is 1. The van der Waals surface area contributed by atoms with Crippen LogP contribution in [0.2, 0.25) is 5.02 Å². The molecule has 4 nitrogen and oxygen atoms in total. The molecule has 0 fully saturated rings. The van der Waals surface area contributed by atoms with Gasteiger partial charge in [0.1, 0.15) is 11.5 Å². The lowest BCUT2D eigenvalue weighted by atomic mass is 10.2. The lowest BCUT2D eigenvalue weighted by molar-refractivity contribution is -0.120. The molecular weight excluding hydrogens is 387 g/mol. The number of halogens is 2. The Bertz CT molecular complexity index is 1060. The van der Waals surface area contributed by atoms with Crippen LogP contribution in [0, 0.1) is 5.82 Å². The Morgan fingerprint density at radius 2 is 1.74 bits per heavy atom. The van der Waals surface area contributed by atoms with Crippen LogP contribution in [-0.4, -0.2) is 11.8 Å². The van der Waals surface area contributed by atoms with Gasteiger partial charge in [-0.15, -0.1) is 11.3 Å². The van der Waals surface area contributed by atoms with Crippen LogP contribution in [0.25, 0.3) is 5.57 Å². The molecule has 4 rings (SSSR count). The summed E-state index contributed by atoms with van der Waals surface area (Å²) >= 11 is 7.26. The second-order valence-electron chi connectivity index (χ2n) is 5.78. The number of hydrogen-bond donors (Lipinski definition) is 1. The second-order valence-corrected chi connectivity index (χ2v) is 7.17. The van der Waals surface area contributed by atoms with E-state index in [2.05, 4.69) is 5.32 Å². The molecule has 2 amide bonds. The largest absolute Gasteiger partial charge is 0.350 e. The standard InChI is InChI=1S/C20H12ClFN2O2S/c21-12-6-8-15(9-7-12)24-19(25)17(16-5-2-10-27-16)18(20(24)26)23-14-4-1-3-13(22)11-14/h1-11,23H. The molecule has 27 heavy (non-hydrogen) atoms. The first kappa shape index (κ1) is 17.5. The summed E-state index contributed by atoms with van der Waals surface area (Å²) in [6, 6.07) is 15.7. The summed E-state index contributed by atoms with van der Waals surface area (Å²) in [4.78, 5) is 27.9. The number of carbonyl (C=O) groups excluding carboxylic acids is 2. The molecule has 2 aromatic carbocycles. The van der Waals surface area contributed by atoms with Crippen LogP contribution < -0.4 is 10.2 Å². The van der Waals surface area contributed by atoms with Crippen molar-refractivity contribution in [2.45, 2.75) is 0 Å². The van der Waals surface area contributed by atoms with Crippen molar-refractivity contribution in [2.24, 2.45) is 0 Å². The van der Waals surface area contributed by atoms with Crippen molar-refractivity contribution in [1.82, 2.24) is 0 Å². The lowest BCUT2D eigenvalue weighted by Crippen LogP contribution is -2.32. The molecule has 1 N–H and O–H groups in total. The van der Waals surface area contributed by atoms with Crippen LogP contribution >= 0.6 is 22.9 Å². The summed E-state index contributed by atoms with van der Waals surface area (Å²) in [5.74, 6) is -1.39. The van der Waals surface area contributed by atoms with Gasteiger partial charge in [-0.2, -0.15) is 0 Å². The first-order valence-corrected chi connectivity index (χ1v) is 9.25. The van der Waals surface area contributed by atoms with E-state index in [1.807, 2.05) is 5.38 Å². The molecule has 0 unspecified atom stereocenters. The Morgan fingerprint density at radius 1 is 0.963 bits per heavy atom. The minimum atomic E-state index is -0.505. The summed E-state index contributed by atoms with van der Waals surface area (Å²) in [5, 5.41) is 5.25. The van der Waals surface area contributed by atoms with Crippen LogP contribution in [0.1, 0.15) is 4.88 Å². The fourth-order valence-electron chi connectivity index (χ4n) is 2.83. The molecule has 0 saturated heterocycles. The number of benzene rings is 2. The number of hydrogen-bond acceptors (Lipinski definition) is 4. The van der Waals surface area contributed by atoms with Gasteiger partial charge in [-0.1, -0.05) is 23.7 Å². The highest BCUT2D eigenvalue weighted by Gasteiger charge is 2.40. The molecule has 0 bridgehead atoms. The van der Waals surface area contributed by atoms with E-state index in [0.29, 0.717) is 21.3 Å². The fraction of sp³-hybridized carbons (Fsp3) is 0. The minimum absolute atomic E-state index is 0.114. The van der Waals surface area contributed by atoms with Gasteiger partial charge < -0.3 is 5.32 Å². The molecule has 0 atom stereocenters. The predicted octanol–water partition coefficient (Wildman–Crippen LogP) is 4.94. The summed E-state index contributed by atoms with van der Waals surface area (Å²) in [6.45, 7) is 0. The lowest BCUT2D eigenvalue weighted by Gasteiger charge is -2.15. The number of carbonyl (C=O) groups is 2. The zero-order valence-corrected chi connectivity index (χ0v) is 15.4. The van der Waals surface area contributed by atoms with Gasteiger partial charge in [0.2, 0.25) is 0 Å². The van der Waals surface area contributed by atoms with E-state index in [-0.39, 0.29) is 11.3 Å². The molecule has 7 heteroatoms. The summed E-state index contributed by atoms with van der Waals surface area (Å²) < 4.78 is 13.5.